The molecule has 1 heterocycles. The van der Waals surface area contributed by atoms with Crippen LogP contribution in [-0.4, -0.2) is 10.7 Å². The molecule has 0 spiro atoms. The molecular weight excluding hydrogens is 306 g/mol. The maximum atomic E-state index is 8.33. The van der Waals surface area contributed by atoms with Crippen LogP contribution >= 0.6 is 0 Å². The zero-order chi connectivity index (χ0) is 17.8. The van der Waals surface area contributed by atoms with E-state index in [-0.39, 0.29) is 0 Å². The van der Waals surface area contributed by atoms with Crippen LogP contribution in [-0.2, 0) is 6.54 Å². The number of nitrogens with zero attached hydrogens (tertiary/aromatic N) is 1. The first-order valence-electron chi connectivity index (χ1n) is 8.85. The van der Waals surface area contributed by atoms with Crippen molar-refractivity contribution >= 4 is 22.3 Å². The number of pyridine rings is 1. The van der Waals surface area contributed by atoms with Crippen LogP contribution in [0.3, 0.4) is 0 Å². The van der Waals surface area contributed by atoms with Gasteiger partial charge in [-0.05, 0) is 44.0 Å². The first-order valence-corrected chi connectivity index (χ1v) is 8.85. The molecule has 3 heteroatoms. The van der Waals surface area contributed by atoms with Crippen LogP contribution < -0.4 is 5.32 Å². The Morgan fingerprint density at radius 1 is 1.04 bits per heavy atom. The van der Waals surface area contributed by atoms with Crippen LogP contribution in [0.5, 0.6) is 0 Å². The molecule has 3 nitrogen and oxygen atoms in total. The standard InChI is InChI=1S/C22H25N3/c1-4-5-21(23)20-12-16(3)25-22-13-18(10-11-19(20)22)24-14-17-8-6-15(2)7-9-17/h6-13,23-24H,4-5,14H2,1-3H3. The molecule has 3 aromatic rings. The van der Waals surface area contributed by atoms with Crippen LogP contribution in [0.2, 0.25) is 0 Å². The third kappa shape index (κ3) is 4.05. The molecule has 0 bridgehead atoms. The van der Waals surface area contributed by atoms with E-state index in [0.29, 0.717) is 5.71 Å². The van der Waals surface area contributed by atoms with Gasteiger partial charge in [0.25, 0.3) is 0 Å². The van der Waals surface area contributed by atoms with E-state index in [1.54, 1.807) is 0 Å². The molecule has 2 N–H and O–H groups in total. The predicted molar refractivity (Wildman–Crippen MR) is 107 cm³/mol. The third-order valence-corrected chi connectivity index (χ3v) is 4.38. The van der Waals surface area contributed by atoms with Crippen LogP contribution in [0.4, 0.5) is 5.69 Å². The minimum absolute atomic E-state index is 0.693. The molecule has 0 atom stereocenters. The average Bonchev–Trinajstić information content (AvgIpc) is 2.60. The van der Waals surface area contributed by atoms with E-state index in [4.69, 9.17) is 5.41 Å². The zero-order valence-corrected chi connectivity index (χ0v) is 15.2. The third-order valence-electron chi connectivity index (χ3n) is 4.38. The lowest BCUT2D eigenvalue weighted by Crippen LogP contribution is -2.03. The molecule has 3 rings (SSSR count). The summed E-state index contributed by atoms with van der Waals surface area (Å²) >= 11 is 0. The highest BCUT2D eigenvalue weighted by Gasteiger charge is 2.09. The van der Waals surface area contributed by atoms with Gasteiger partial charge >= 0.3 is 0 Å². The molecule has 0 saturated heterocycles. The van der Waals surface area contributed by atoms with E-state index in [1.807, 2.05) is 13.0 Å². The molecule has 0 radical (unpaired) electrons. The Morgan fingerprint density at radius 2 is 1.80 bits per heavy atom. The summed E-state index contributed by atoms with van der Waals surface area (Å²) in [6, 6.07) is 16.8. The van der Waals surface area contributed by atoms with E-state index < -0.39 is 0 Å². The quantitative estimate of drug-likeness (QED) is 0.575. The molecule has 0 amide bonds. The number of aryl methyl sites for hydroxylation is 2. The first kappa shape index (κ1) is 17.2. The molecule has 0 aliphatic heterocycles. The molecular formula is C22H25N3. The van der Waals surface area contributed by atoms with Gasteiger partial charge in [-0.1, -0.05) is 49.2 Å². The summed E-state index contributed by atoms with van der Waals surface area (Å²) in [6.07, 6.45) is 1.78. The zero-order valence-electron chi connectivity index (χ0n) is 15.2. The van der Waals surface area contributed by atoms with Gasteiger partial charge in [-0.2, -0.15) is 0 Å². The minimum atomic E-state index is 0.693. The highest BCUT2D eigenvalue weighted by molar-refractivity contribution is 6.09. The second kappa shape index (κ2) is 7.47. The van der Waals surface area contributed by atoms with Gasteiger partial charge in [0, 0.05) is 34.6 Å². The topological polar surface area (TPSA) is 48.8 Å². The Balaban J connectivity index is 1.86. The van der Waals surface area contributed by atoms with Crippen molar-refractivity contribution in [3.63, 3.8) is 0 Å². The Bertz CT molecular complexity index is 895. The molecule has 0 aliphatic rings. The summed E-state index contributed by atoms with van der Waals surface area (Å²) in [5.74, 6) is 0. The predicted octanol–water partition coefficient (Wildman–Crippen LogP) is 5.63. The SMILES string of the molecule is CCCC(=N)c1cc(C)nc2cc(NCc3ccc(C)cc3)ccc12. The van der Waals surface area contributed by atoms with Crippen LogP contribution in [0.15, 0.2) is 48.5 Å². The fourth-order valence-corrected chi connectivity index (χ4v) is 3.02. The van der Waals surface area contributed by atoms with Crippen molar-refractivity contribution < 1.29 is 0 Å². The van der Waals surface area contributed by atoms with E-state index in [1.165, 1.54) is 11.1 Å². The number of nitrogens with one attached hydrogen (secondary N) is 2. The van der Waals surface area contributed by atoms with Crippen molar-refractivity contribution in [2.75, 3.05) is 5.32 Å². The molecule has 0 fully saturated rings. The molecule has 0 unspecified atom stereocenters. The Kier molecular flexibility index (Phi) is 5.13. The molecule has 0 aliphatic carbocycles. The summed E-state index contributed by atoms with van der Waals surface area (Å²) in [5, 5.41) is 12.9. The maximum absolute atomic E-state index is 8.33. The largest absolute Gasteiger partial charge is 0.381 e. The summed E-state index contributed by atoms with van der Waals surface area (Å²) < 4.78 is 0. The maximum Gasteiger partial charge on any atom is 0.0732 e. The number of anilines is 1. The highest BCUT2D eigenvalue weighted by atomic mass is 14.9. The number of aromatic nitrogens is 1. The van der Waals surface area contributed by atoms with Crippen molar-refractivity contribution in [1.82, 2.24) is 4.98 Å². The number of hydrogen-bond donors (Lipinski definition) is 2. The number of fused-ring (bicyclic) bond motifs is 1. The first-order chi connectivity index (χ1) is 12.1. The van der Waals surface area contributed by atoms with Gasteiger partial charge in [-0.15, -0.1) is 0 Å². The van der Waals surface area contributed by atoms with Gasteiger partial charge in [0.2, 0.25) is 0 Å². The second-order valence-electron chi connectivity index (χ2n) is 6.61. The Hall–Kier alpha value is -2.68. The summed E-state index contributed by atoms with van der Waals surface area (Å²) in [5.41, 5.74) is 7.19. The Labute approximate surface area is 149 Å². The fourth-order valence-electron chi connectivity index (χ4n) is 3.02. The lowest BCUT2D eigenvalue weighted by Gasteiger charge is -2.12. The molecule has 1 aromatic heterocycles. The van der Waals surface area contributed by atoms with Crippen LogP contribution in [0.1, 0.15) is 42.1 Å². The van der Waals surface area contributed by atoms with Crippen LogP contribution in [0, 0.1) is 19.3 Å². The van der Waals surface area contributed by atoms with Crippen molar-refractivity contribution in [3.05, 3.63) is 70.9 Å². The van der Waals surface area contributed by atoms with Crippen molar-refractivity contribution in [3.8, 4) is 0 Å². The van der Waals surface area contributed by atoms with Crippen molar-refractivity contribution in [2.24, 2.45) is 0 Å². The second-order valence-corrected chi connectivity index (χ2v) is 6.61. The van der Waals surface area contributed by atoms with Crippen molar-refractivity contribution in [1.29, 1.82) is 5.41 Å². The number of rotatable bonds is 6. The Morgan fingerprint density at radius 3 is 2.52 bits per heavy atom. The summed E-state index contributed by atoms with van der Waals surface area (Å²) in [4.78, 5) is 4.67. The highest BCUT2D eigenvalue weighted by Crippen LogP contribution is 2.24. The number of benzene rings is 2. The van der Waals surface area contributed by atoms with E-state index in [2.05, 4.69) is 66.6 Å². The monoisotopic (exact) mass is 331 g/mol. The average molecular weight is 331 g/mol. The van der Waals surface area contributed by atoms with Gasteiger partial charge in [-0.25, -0.2) is 0 Å². The van der Waals surface area contributed by atoms with E-state index >= 15 is 0 Å². The van der Waals surface area contributed by atoms with E-state index in [9.17, 15) is 0 Å². The van der Waals surface area contributed by atoms with Gasteiger partial charge in [0.1, 0.15) is 0 Å². The minimum Gasteiger partial charge on any atom is -0.381 e. The lowest BCUT2D eigenvalue weighted by molar-refractivity contribution is 0.986. The smallest absolute Gasteiger partial charge is 0.0732 e. The molecule has 25 heavy (non-hydrogen) atoms. The van der Waals surface area contributed by atoms with Gasteiger partial charge < -0.3 is 10.7 Å². The van der Waals surface area contributed by atoms with Gasteiger partial charge in [0.15, 0.2) is 0 Å². The van der Waals surface area contributed by atoms with Gasteiger partial charge in [0.05, 0.1) is 5.52 Å². The summed E-state index contributed by atoms with van der Waals surface area (Å²) in [7, 11) is 0. The lowest BCUT2D eigenvalue weighted by atomic mass is 10.0. The molecule has 128 valence electrons. The van der Waals surface area contributed by atoms with Crippen LogP contribution in [0.25, 0.3) is 10.9 Å². The van der Waals surface area contributed by atoms with E-state index in [0.717, 1.165) is 47.2 Å². The molecule has 0 saturated carbocycles. The number of hydrogen-bond acceptors (Lipinski definition) is 3. The van der Waals surface area contributed by atoms with Gasteiger partial charge in [-0.3, -0.25) is 4.98 Å². The molecule has 2 aromatic carbocycles. The fraction of sp³-hybridized carbons (Fsp3) is 0.273. The normalized spacial score (nSPS) is 10.8. The summed E-state index contributed by atoms with van der Waals surface area (Å²) in [6.45, 7) is 6.99. The van der Waals surface area contributed by atoms with Crippen molar-refractivity contribution in [2.45, 2.75) is 40.2 Å².